The van der Waals surface area contributed by atoms with E-state index in [1.807, 2.05) is 19.3 Å². The number of hydrogen-bond donors (Lipinski definition) is 1. The minimum absolute atomic E-state index is 0.373. The van der Waals surface area contributed by atoms with Gasteiger partial charge in [-0.1, -0.05) is 6.07 Å². The summed E-state index contributed by atoms with van der Waals surface area (Å²) in [7, 11) is 1.81. The van der Waals surface area contributed by atoms with Crippen LogP contribution in [0, 0.1) is 5.82 Å². The molecule has 0 aliphatic heterocycles. The Hall–Kier alpha value is -1.20. The summed E-state index contributed by atoms with van der Waals surface area (Å²) in [5.74, 6) is -0.373. The third-order valence-corrected chi connectivity index (χ3v) is 3.14. The van der Waals surface area contributed by atoms with E-state index in [-0.39, 0.29) is 5.82 Å². The molecule has 90 valence electrons. The molecule has 0 spiro atoms. The smallest absolute Gasteiger partial charge is 0.137 e. The van der Waals surface area contributed by atoms with Crippen molar-refractivity contribution in [2.45, 2.75) is 12.5 Å². The molecule has 0 amide bonds. The van der Waals surface area contributed by atoms with E-state index >= 15 is 0 Å². The van der Waals surface area contributed by atoms with Crippen LogP contribution < -0.4 is 0 Å². The lowest BCUT2D eigenvalue weighted by atomic mass is 10.1. The molecule has 0 saturated heterocycles. The first-order valence-corrected chi connectivity index (χ1v) is 5.97. The predicted molar refractivity (Wildman–Crippen MR) is 66.0 cm³/mol. The Morgan fingerprint density at radius 2 is 2.24 bits per heavy atom. The molecule has 0 fully saturated rings. The zero-order valence-electron chi connectivity index (χ0n) is 9.27. The van der Waals surface area contributed by atoms with Gasteiger partial charge < -0.3 is 5.11 Å². The molecule has 0 radical (unpaired) electrons. The number of nitrogens with zero attached hydrogens (tertiary/aromatic N) is 2. The lowest BCUT2D eigenvalue weighted by molar-refractivity contribution is 0.176. The zero-order chi connectivity index (χ0) is 12.4. The summed E-state index contributed by atoms with van der Waals surface area (Å²) in [6, 6.07) is 6.45. The van der Waals surface area contributed by atoms with Crippen molar-refractivity contribution < 1.29 is 9.50 Å². The molecule has 0 aliphatic carbocycles. The van der Waals surface area contributed by atoms with Gasteiger partial charge in [-0.25, -0.2) is 4.39 Å². The van der Waals surface area contributed by atoms with Crippen LogP contribution in [0.4, 0.5) is 4.39 Å². The molecule has 0 bridgehead atoms. The van der Waals surface area contributed by atoms with Gasteiger partial charge in [-0.15, -0.1) is 0 Å². The van der Waals surface area contributed by atoms with Crippen LogP contribution in [-0.2, 0) is 13.5 Å². The van der Waals surface area contributed by atoms with E-state index < -0.39 is 6.10 Å². The van der Waals surface area contributed by atoms with Crippen LogP contribution in [0.15, 0.2) is 34.9 Å². The van der Waals surface area contributed by atoms with Crippen molar-refractivity contribution in [1.82, 2.24) is 9.78 Å². The highest BCUT2D eigenvalue weighted by Crippen LogP contribution is 2.22. The molecule has 1 aromatic heterocycles. The summed E-state index contributed by atoms with van der Waals surface area (Å²) in [5, 5.41) is 14.1. The van der Waals surface area contributed by atoms with Crippen LogP contribution in [0.3, 0.4) is 0 Å². The molecular weight excluding hydrogens is 287 g/mol. The summed E-state index contributed by atoms with van der Waals surface area (Å²) < 4.78 is 15.4. The minimum Gasteiger partial charge on any atom is -0.388 e. The quantitative estimate of drug-likeness (QED) is 0.946. The molecule has 1 heterocycles. The first-order valence-electron chi connectivity index (χ1n) is 5.18. The maximum atomic E-state index is 13.3. The highest BCUT2D eigenvalue weighted by Gasteiger charge is 2.12. The van der Waals surface area contributed by atoms with E-state index in [4.69, 9.17) is 0 Å². The van der Waals surface area contributed by atoms with E-state index in [0.29, 0.717) is 16.5 Å². The molecule has 3 nitrogen and oxygen atoms in total. The molecule has 1 unspecified atom stereocenters. The molecule has 1 N–H and O–H groups in total. The molecule has 5 heteroatoms. The van der Waals surface area contributed by atoms with E-state index in [9.17, 15) is 9.50 Å². The van der Waals surface area contributed by atoms with Crippen molar-refractivity contribution in [1.29, 1.82) is 0 Å². The molecule has 0 aliphatic rings. The van der Waals surface area contributed by atoms with Gasteiger partial charge >= 0.3 is 0 Å². The van der Waals surface area contributed by atoms with Crippen LogP contribution in [0.5, 0.6) is 0 Å². The van der Waals surface area contributed by atoms with Crippen molar-refractivity contribution in [3.63, 3.8) is 0 Å². The maximum absolute atomic E-state index is 13.3. The van der Waals surface area contributed by atoms with Gasteiger partial charge in [0.15, 0.2) is 0 Å². The van der Waals surface area contributed by atoms with Crippen molar-refractivity contribution >= 4 is 15.9 Å². The van der Waals surface area contributed by atoms with E-state index in [2.05, 4.69) is 21.0 Å². The first kappa shape index (κ1) is 12.3. The molecule has 1 atom stereocenters. The summed E-state index contributed by atoms with van der Waals surface area (Å²) in [6.07, 6.45) is 1.44. The van der Waals surface area contributed by atoms with Crippen LogP contribution in [0.2, 0.25) is 0 Å². The maximum Gasteiger partial charge on any atom is 0.137 e. The normalized spacial score (nSPS) is 12.7. The highest BCUT2D eigenvalue weighted by atomic mass is 79.9. The van der Waals surface area contributed by atoms with Crippen LogP contribution in [0.1, 0.15) is 17.4 Å². The molecule has 17 heavy (non-hydrogen) atoms. The standard InChI is InChI=1S/C12H12BrFN2O/c1-16-5-4-9(15-16)7-12(17)8-2-3-10(13)11(14)6-8/h2-6,12,17H,7H2,1H3. The third-order valence-electron chi connectivity index (χ3n) is 2.50. The third kappa shape index (κ3) is 2.92. The minimum atomic E-state index is -0.743. The highest BCUT2D eigenvalue weighted by molar-refractivity contribution is 9.10. The average molecular weight is 299 g/mol. The number of aliphatic hydroxyl groups is 1. The van der Waals surface area contributed by atoms with Gasteiger partial charge in [-0.2, -0.15) is 5.10 Å². The number of benzene rings is 1. The summed E-state index contributed by atoms with van der Waals surface area (Å²) in [6.45, 7) is 0. The fourth-order valence-corrected chi connectivity index (χ4v) is 1.85. The second-order valence-corrected chi connectivity index (χ2v) is 4.73. The van der Waals surface area contributed by atoms with Gasteiger partial charge in [0.2, 0.25) is 0 Å². The predicted octanol–water partition coefficient (Wildman–Crippen LogP) is 2.60. The summed E-state index contributed by atoms with van der Waals surface area (Å²) in [4.78, 5) is 0. The van der Waals surface area contributed by atoms with Crippen molar-refractivity contribution in [3.8, 4) is 0 Å². The first-order chi connectivity index (χ1) is 8.06. The second kappa shape index (κ2) is 4.98. The van der Waals surface area contributed by atoms with E-state index in [1.54, 1.807) is 16.8 Å². The fraction of sp³-hybridized carbons (Fsp3) is 0.250. The molecule has 2 rings (SSSR count). The summed E-state index contributed by atoms with van der Waals surface area (Å²) in [5.41, 5.74) is 1.33. The lowest BCUT2D eigenvalue weighted by Crippen LogP contribution is -2.03. The molecule has 0 saturated carbocycles. The lowest BCUT2D eigenvalue weighted by Gasteiger charge is -2.09. The Balaban J connectivity index is 2.14. The van der Waals surface area contributed by atoms with Crippen molar-refractivity contribution in [3.05, 3.63) is 52.0 Å². The number of halogens is 2. The zero-order valence-corrected chi connectivity index (χ0v) is 10.9. The Kier molecular flexibility index (Phi) is 3.59. The SMILES string of the molecule is Cn1ccc(CC(O)c2ccc(Br)c(F)c2)n1. The van der Waals surface area contributed by atoms with Gasteiger partial charge in [-0.05, 0) is 39.7 Å². The molecule has 1 aromatic carbocycles. The fourth-order valence-electron chi connectivity index (χ4n) is 1.61. The Morgan fingerprint density at radius 1 is 1.47 bits per heavy atom. The van der Waals surface area contributed by atoms with Gasteiger partial charge in [0.25, 0.3) is 0 Å². The Bertz CT molecular complexity index is 527. The van der Waals surface area contributed by atoms with E-state index in [0.717, 1.165) is 5.69 Å². The Morgan fingerprint density at radius 3 is 2.82 bits per heavy atom. The number of aliphatic hydroxyl groups excluding tert-OH is 1. The van der Waals surface area contributed by atoms with Gasteiger partial charge in [0.1, 0.15) is 5.82 Å². The van der Waals surface area contributed by atoms with Gasteiger partial charge in [-0.3, -0.25) is 4.68 Å². The molecule has 2 aromatic rings. The topological polar surface area (TPSA) is 38.0 Å². The van der Waals surface area contributed by atoms with Crippen molar-refractivity contribution in [2.75, 3.05) is 0 Å². The Labute approximate surface area is 107 Å². The van der Waals surface area contributed by atoms with E-state index in [1.165, 1.54) is 6.07 Å². The van der Waals surface area contributed by atoms with Gasteiger partial charge in [0, 0.05) is 19.7 Å². The number of hydrogen-bond acceptors (Lipinski definition) is 2. The monoisotopic (exact) mass is 298 g/mol. The van der Waals surface area contributed by atoms with Crippen LogP contribution in [-0.4, -0.2) is 14.9 Å². The number of aromatic nitrogens is 2. The molecular formula is C12H12BrFN2O. The van der Waals surface area contributed by atoms with Crippen LogP contribution >= 0.6 is 15.9 Å². The van der Waals surface area contributed by atoms with Crippen LogP contribution in [0.25, 0.3) is 0 Å². The number of rotatable bonds is 3. The second-order valence-electron chi connectivity index (χ2n) is 3.87. The average Bonchev–Trinajstić information content (AvgIpc) is 2.68. The largest absolute Gasteiger partial charge is 0.388 e. The summed E-state index contributed by atoms with van der Waals surface area (Å²) >= 11 is 3.08. The van der Waals surface area contributed by atoms with Crippen molar-refractivity contribution in [2.24, 2.45) is 7.05 Å². The van der Waals surface area contributed by atoms with Gasteiger partial charge in [0.05, 0.1) is 16.3 Å². The number of aryl methyl sites for hydroxylation is 1.